The Bertz CT molecular complexity index is 601. The van der Waals surface area contributed by atoms with Crippen LogP contribution in [0.4, 0.5) is 11.9 Å². The van der Waals surface area contributed by atoms with Gasteiger partial charge in [-0.15, -0.1) is 0 Å². The highest BCUT2D eigenvalue weighted by Gasteiger charge is 2.15. The minimum Gasteiger partial charge on any atom is -0.340 e. The average Bonchev–Trinajstić information content (AvgIpc) is 3.00. The summed E-state index contributed by atoms with van der Waals surface area (Å²) in [5.74, 6) is 6.45. The SMILES string of the molecule is CC(CC#N)N(C)c1nc(NN)nc(-n2ccnc2)n1. The van der Waals surface area contributed by atoms with Gasteiger partial charge in [-0.3, -0.25) is 9.99 Å². The molecule has 0 saturated heterocycles. The maximum absolute atomic E-state index is 8.76. The summed E-state index contributed by atoms with van der Waals surface area (Å²) in [5, 5.41) is 8.76. The summed E-state index contributed by atoms with van der Waals surface area (Å²) in [5.41, 5.74) is 2.41. The monoisotopic (exact) mass is 273 g/mol. The highest BCUT2D eigenvalue weighted by atomic mass is 15.4. The van der Waals surface area contributed by atoms with Crippen LogP contribution in [0.1, 0.15) is 13.3 Å². The first kappa shape index (κ1) is 13.7. The van der Waals surface area contributed by atoms with Crippen molar-refractivity contribution in [3.8, 4) is 12.0 Å². The third kappa shape index (κ3) is 2.81. The molecule has 0 aliphatic heterocycles. The second-order valence-electron chi connectivity index (χ2n) is 4.20. The zero-order valence-corrected chi connectivity index (χ0v) is 11.2. The Morgan fingerprint density at radius 3 is 2.90 bits per heavy atom. The number of anilines is 2. The Morgan fingerprint density at radius 1 is 1.50 bits per heavy atom. The fourth-order valence-corrected chi connectivity index (χ4v) is 1.54. The highest BCUT2D eigenvalue weighted by molar-refractivity contribution is 5.39. The number of nitrogens with one attached hydrogen (secondary N) is 1. The molecule has 3 N–H and O–H groups in total. The van der Waals surface area contributed by atoms with E-state index in [2.05, 4.69) is 31.4 Å². The fourth-order valence-electron chi connectivity index (χ4n) is 1.54. The quantitative estimate of drug-likeness (QED) is 0.580. The standard InChI is InChI=1S/C11H15N9/c1-8(3-4-12)19(2)10-15-9(18-13)16-11(17-10)20-6-5-14-7-20/h5-8H,3,13H2,1-2H3,(H,15,16,17,18). The lowest BCUT2D eigenvalue weighted by Crippen LogP contribution is -2.31. The van der Waals surface area contributed by atoms with Gasteiger partial charge in [-0.25, -0.2) is 10.8 Å². The van der Waals surface area contributed by atoms with Gasteiger partial charge in [0.2, 0.25) is 17.8 Å². The number of imidazole rings is 1. The Balaban J connectivity index is 2.38. The van der Waals surface area contributed by atoms with Crippen LogP contribution in [0.15, 0.2) is 18.7 Å². The molecule has 0 aliphatic carbocycles. The molecule has 0 fully saturated rings. The second kappa shape index (κ2) is 5.94. The summed E-state index contributed by atoms with van der Waals surface area (Å²) in [4.78, 5) is 18.4. The normalized spacial score (nSPS) is 11.7. The molecule has 0 aromatic carbocycles. The van der Waals surface area contributed by atoms with Crippen molar-refractivity contribution in [2.45, 2.75) is 19.4 Å². The maximum atomic E-state index is 8.76. The van der Waals surface area contributed by atoms with E-state index in [0.717, 1.165) is 0 Å². The van der Waals surface area contributed by atoms with Crippen LogP contribution in [0.25, 0.3) is 5.95 Å². The van der Waals surface area contributed by atoms with E-state index in [1.807, 2.05) is 14.0 Å². The van der Waals surface area contributed by atoms with Gasteiger partial charge in [-0.1, -0.05) is 0 Å². The molecule has 0 bridgehead atoms. The first-order chi connectivity index (χ1) is 9.65. The maximum Gasteiger partial charge on any atom is 0.243 e. The van der Waals surface area contributed by atoms with Crippen LogP contribution >= 0.6 is 0 Å². The van der Waals surface area contributed by atoms with E-state index in [1.54, 1.807) is 28.2 Å². The van der Waals surface area contributed by atoms with Gasteiger partial charge >= 0.3 is 0 Å². The summed E-state index contributed by atoms with van der Waals surface area (Å²) in [6.45, 7) is 1.92. The van der Waals surface area contributed by atoms with E-state index >= 15 is 0 Å². The minimum atomic E-state index is -0.0244. The molecule has 0 aliphatic rings. The molecule has 0 saturated carbocycles. The van der Waals surface area contributed by atoms with E-state index in [0.29, 0.717) is 18.3 Å². The van der Waals surface area contributed by atoms with Crippen LogP contribution < -0.4 is 16.2 Å². The summed E-state index contributed by atoms with van der Waals surface area (Å²) < 4.78 is 1.65. The number of aromatic nitrogens is 5. The second-order valence-corrected chi connectivity index (χ2v) is 4.20. The molecule has 1 atom stereocenters. The van der Waals surface area contributed by atoms with Crippen molar-refractivity contribution < 1.29 is 0 Å². The van der Waals surface area contributed by atoms with Gasteiger partial charge in [-0.05, 0) is 6.92 Å². The Hall–Kier alpha value is -2.73. The zero-order chi connectivity index (χ0) is 14.5. The van der Waals surface area contributed by atoms with Crippen LogP contribution in [0, 0.1) is 11.3 Å². The summed E-state index contributed by atoms with van der Waals surface area (Å²) in [6, 6.07) is 2.10. The smallest absolute Gasteiger partial charge is 0.243 e. The average molecular weight is 273 g/mol. The first-order valence-electron chi connectivity index (χ1n) is 5.96. The number of hydrazine groups is 1. The highest BCUT2D eigenvalue weighted by Crippen LogP contribution is 2.14. The Kier molecular flexibility index (Phi) is 4.07. The lowest BCUT2D eigenvalue weighted by Gasteiger charge is -2.23. The number of nitrogen functional groups attached to an aromatic ring is 1. The van der Waals surface area contributed by atoms with Crippen molar-refractivity contribution in [1.29, 1.82) is 5.26 Å². The molecule has 2 aromatic heterocycles. The molecule has 0 amide bonds. The largest absolute Gasteiger partial charge is 0.340 e. The lowest BCUT2D eigenvalue weighted by molar-refractivity contribution is 0.678. The molecule has 0 radical (unpaired) electrons. The number of nitrogens with zero attached hydrogens (tertiary/aromatic N) is 7. The van der Waals surface area contributed by atoms with E-state index < -0.39 is 0 Å². The summed E-state index contributed by atoms with van der Waals surface area (Å²) >= 11 is 0. The zero-order valence-electron chi connectivity index (χ0n) is 11.2. The van der Waals surface area contributed by atoms with Gasteiger partial charge in [0.25, 0.3) is 0 Å². The summed E-state index contributed by atoms with van der Waals surface area (Å²) in [7, 11) is 1.81. The van der Waals surface area contributed by atoms with E-state index in [1.165, 1.54) is 0 Å². The predicted molar refractivity (Wildman–Crippen MR) is 72.9 cm³/mol. The Morgan fingerprint density at radius 2 is 2.30 bits per heavy atom. The molecule has 9 nitrogen and oxygen atoms in total. The number of nitrogens with two attached hydrogens (primary N) is 1. The van der Waals surface area contributed by atoms with Gasteiger partial charge in [0.15, 0.2) is 0 Å². The molecule has 2 rings (SSSR count). The van der Waals surface area contributed by atoms with Crippen molar-refractivity contribution >= 4 is 11.9 Å². The van der Waals surface area contributed by atoms with Crippen molar-refractivity contribution in [2.24, 2.45) is 5.84 Å². The summed E-state index contributed by atoms with van der Waals surface area (Å²) in [6.07, 6.45) is 5.30. The molecule has 2 heterocycles. The van der Waals surface area contributed by atoms with E-state index in [-0.39, 0.29) is 12.0 Å². The molecule has 0 spiro atoms. The molecule has 9 heteroatoms. The van der Waals surface area contributed by atoms with Gasteiger partial charge in [0.05, 0.1) is 12.5 Å². The first-order valence-corrected chi connectivity index (χ1v) is 5.96. The molecule has 20 heavy (non-hydrogen) atoms. The lowest BCUT2D eigenvalue weighted by atomic mass is 10.2. The van der Waals surface area contributed by atoms with E-state index in [4.69, 9.17) is 11.1 Å². The molecular weight excluding hydrogens is 258 g/mol. The van der Waals surface area contributed by atoms with Crippen LogP contribution in [0.5, 0.6) is 0 Å². The van der Waals surface area contributed by atoms with Crippen molar-refractivity contribution in [1.82, 2.24) is 24.5 Å². The minimum absolute atomic E-state index is 0.0244. The molecule has 1 unspecified atom stereocenters. The van der Waals surface area contributed by atoms with Crippen LogP contribution in [0.2, 0.25) is 0 Å². The number of hydrogen-bond acceptors (Lipinski definition) is 8. The van der Waals surface area contributed by atoms with Crippen molar-refractivity contribution in [2.75, 3.05) is 17.4 Å². The number of rotatable bonds is 5. The fraction of sp³-hybridized carbons (Fsp3) is 0.364. The number of hydrogen-bond donors (Lipinski definition) is 2. The molecule has 104 valence electrons. The van der Waals surface area contributed by atoms with Crippen LogP contribution in [0.3, 0.4) is 0 Å². The van der Waals surface area contributed by atoms with Crippen molar-refractivity contribution in [3.05, 3.63) is 18.7 Å². The van der Waals surface area contributed by atoms with Gasteiger partial charge < -0.3 is 4.90 Å². The third-order valence-electron chi connectivity index (χ3n) is 2.84. The van der Waals surface area contributed by atoms with Crippen molar-refractivity contribution in [3.63, 3.8) is 0 Å². The molecular formula is C11H15N9. The Labute approximate surface area is 116 Å². The third-order valence-corrected chi connectivity index (χ3v) is 2.84. The van der Waals surface area contributed by atoms with Crippen LogP contribution in [-0.2, 0) is 0 Å². The topological polar surface area (TPSA) is 122 Å². The van der Waals surface area contributed by atoms with Gasteiger partial charge in [0, 0.05) is 25.5 Å². The van der Waals surface area contributed by atoms with Gasteiger partial charge in [-0.2, -0.15) is 20.2 Å². The number of nitriles is 1. The van der Waals surface area contributed by atoms with E-state index in [9.17, 15) is 0 Å². The van der Waals surface area contributed by atoms with Gasteiger partial charge in [0.1, 0.15) is 6.33 Å². The molecule has 2 aromatic rings. The predicted octanol–water partition coefficient (Wildman–Crippen LogP) is 0.0813. The van der Waals surface area contributed by atoms with Crippen LogP contribution in [-0.4, -0.2) is 37.6 Å².